The summed E-state index contributed by atoms with van der Waals surface area (Å²) in [7, 11) is -2.52. The van der Waals surface area contributed by atoms with Crippen molar-refractivity contribution in [2.24, 2.45) is 0 Å². The van der Waals surface area contributed by atoms with Crippen molar-refractivity contribution in [2.75, 3.05) is 13.7 Å². The van der Waals surface area contributed by atoms with E-state index in [-0.39, 0.29) is 28.6 Å². The average Bonchev–Trinajstić information content (AvgIpc) is 3.21. The van der Waals surface area contributed by atoms with Gasteiger partial charge in [0, 0.05) is 12.1 Å². The highest BCUT2D eigenvalue weighted by molar-refractivity contribution is 7.89. The van der Waals surface area contributed by atoms with Gasteiger partial charge < -0.3 is 14.6 Å². The van der Waals surface area contributed by atoms with E-state index in [4.69, 9.17) is 9.26 Å². The average molecular weight is 430 g/mol. The van der Waals surface area contributed by atoms with Crippen LogP contribution in [0.2, 0.25) is 0 Å². The Hall–Kier alpha value is -3.24. The number of benzene rings is 2. The van der Waals surface area contributed by atoms with E-state index in [1.807, 2.05) is 31.2 Å². The molecule has 1 aromatic heterocycles. The number of carbonyl (C=O) groups excluding carboxylic acids is 1. The van der Waals surface area contributed by atoms with Gasteiger partial charge in [-0.3, -0.25) is 4.79 Å². The topological polar surface area (TPSA) is 123 Å². The Labute approximate surface area is 174 Å². The molecule has 0 bridgehead atoms. The van der Waals surface area contributed by atoms with Crippen LogP contribution in [0.25, 0.3) is 11.4 Å². The molecule has 0 fully saturated rings. The number of aromatic nitrogens is 2. The quantitative estimate of drug-likeness (QED) is 0.562. The van der Waals surface area contributed by atoms with Crippen molar-refractivity contribution < 1.29 is 22.5 Å². The van der Waals surface area contributed by atoms with Crippen LogP contribution in [-0.2, 0) is 16.6 Å². The third kappa shape index (κ3) is 4.84. The molecule has 0 saturated carbocycles. The number of nitrogens with one attached hydrogen (secondary N) is 2. The summed E-state index contributed by atoms with van der Waals surface area (Å²) in [5, 5.41) is 6.52. The van der Waals surface area contributed by atoms with Crippen molar-refractivity contribution >= 4 is 15.9 Å². The van der Waals surface area contributed by atoms with Gasteiger partial charge in [0.15, 0.2) is 0 Å². The lowest BCUT2D eigenvalue weighted by atomic mass is 10.1. The normalized spacial score (nSPS) is 11.3. The number of nitrogens with zero attached hydrogens (tertiary/aromatic N) is 2. The van der Waals surface area contributed by atoms with Crippen molar-refractivity contribution in [2.45, 2.75) is 25.3 Å². The van der Waals surface area contributed by atoms with Crippen LogP contribution >= 0.6 is 0 Å². The first-order valence-corrected chi connectivity index (χ1v) is 10.7. The molecule has 158 valence electrons. The first kappa shape index (κ1) is 21.5. The third-order valence-corrected chi connectivity index (χ3v) is 5.62. The van der Waals surface area contributed by atoms with Gasteiger partial charge in [-0.25, -0.2) is 13.1 Å². The summed E-state index contributed by atoms with van der Waals surface area (Å²) in [5.74, 6) is 0.342. The van der Waals surface area contributed by atoms with Gasteiger partial charge in [-0.1, -0.05) is 28.9 Å². The molecule has 0 saturated heterocycles. The lowest BCUT2D eigenvalue weighted by Crippen LogP contribution is -2.26. The second-order valence-corrected chi connectivity index (χ2v) is 8.19. The molecular weight excluding hydrogens is 408 g/mol. The smallest absolute Gasteiger partial charge is 0.255 e. The maximum Gasteiger partial charge on any atom is 0.255 e. The monoisotopic (exact) mass is 430 g/mol. The van der Waals surface area contributed by atoms with Crippen LogP contribution in [0.15, 0.2) is 51.9 Å². The fourth-order valence-electron chi connectivity index (χ4n) is 2.76. The SMILES string of the molecule is CCNC(=O)c1cc(S(=O)(=O)NCc2nc(-c3cccc(C)c3)no2)ccc1OC. The Morgan fingerprint density at radius 2 is 2.00 bits per heavy atom. The first-order valence-electron chi connectivity index (χ1n) is 9.19. The second-order valence-electron chi connectivity index (χ2n) is 6.43. The molecule has 0 unspecified atom stereocenters. The number of carbonyl (C=O) groups is 1. The minimum absolute atomic E-state index is 0.0806. The van der Waals surface area contributed by atoms with Crippen LogP contribution in [0.4, 0.5) is 0 Å². The van der Waals surface area contributed by atoms with E-state index in [0.717, 1.165) is 11.1 Å². The van der Waals surface area contributed by atoms with Crippen LogP contribution in [0, 0.1) is 6.92 Å². The van der Waals surface area contributed by atoms with Crippen LogP contribution in [0.5, 0.6) is 5.75 Å². The molecule has 1 heterocycles. The van der Waals surface area contributed by atoms with Gasteiger partial charge >= 0.3 is 0 Å². The Kier molecular flexibility index (Phi) is 6.48. The summed E-state index contributed by atoms with van der Waals surface area (Å²) in [6.07, 6.45) is 0. The van der Waals surface area contributed by atoms with Crippen molar-refractivity contribution in [1.82, 2.24) is 20.2 Å². The molecule has 0 aliphatic heterocycles. The van der Waals surface area contributed by atoms with Gasteiger partial charge in [-0.05, 0) is 38.1 Å². The summed E-state index contributed by atoms with van der Waals surface area (Å²) in [6, 6.07) is 11.6. The molecular formula is C20H22N4O5S. The number of amides is 1. The lowest BCUT2D eigenvalue weighted by Gasteiger charge is -2.11. The second kappa shape index (κ2) is 9.06. The fourth-order valence-corrected chi connectivity index (χ4v) is 3.76. The van der Waals surface area contributed by atoms with E-state index in [9.17, 15) is 13.2 Å². The zero-order chi connectivity index (χ0) is 21.7. The molecule has 2 N–H and O–H groups in total. The fraction of sp³-hybridized carbons (Fsp3) is 0.250. The van der Waals surface area contributed by atoms with Gasteiger partial charge in [0.2, 0.25) is 21.7 Å². The van der Waals surface area contributed by atoms with Crippen molar-refractivity contribution in [3.8, 4) is 17.1 Å². The van der Waals surface area contributed by atoms with Crippen molar-refractivity contribution in [1.29, 1.82) is 0 Å². The zero-order valence-electron chi connectivity index (χ0n) is 16.8. The highest BCUT2D eigenvalue weighted by Gasteiger charge is 2.20. The van der Waals surface area contributed by atoms with E-state index in [1.54, 1.807) is 6.92 Å². The van der Waals surface area contributed by atoms with E-state index in [2.05, 4.69) is 20.2 Å². The number of hydrogen-bond donors (Lipinski definition) is 2. The third-order valence-electron chi connectivity index (χ3n) is 4.22. The molecule has 3 rings (SSSR count). The minimum atomic E-state index is -3.93. The Morgan fingerprint density at radius 3 is 2.70 bits per heavy atom. The first-order chi connectivity index (χ1) is 14.3. The molecule has 0 radical (unpaired) electrons. The predicted octanol–water partition coefficient (Wildman–Crippen LogP) is 2.28. The Bertz CT molecular complexity index is 1160. The number of sulfonamides is 1. The Morgan fingerprint density at radius 1 is 1.20 bits per heavy atom. The molecule has 10 heteroatoms. The standard InChI is InChI=1S/C20H22N4O5S/c1-4-21-20(25)16-11-15(8-9-17(16)28-3)30(26,27)22-12-18-23-19(24-29-18)14-7-5-6-13(2)10-14/h5-11,22H,4,12H2,1-3H3,(H,21,25). The Balaban J connectivity index is 1.77. The highest BCUT2D eigenvalue weighted by Crippen LogP contribution is 2.23. The van der Waals surface area contributed by atoms with Gasteiger partial charge in [0.05, 0.1) is 24.1 Å². The van der Waals surface area contributed by atoms with Crippen LogP contribution in [0.1, 0.15) is 28.7 Å². The number of ether oxygens (including phenoxy) is 1. The summed E-state index contributed by atoms with van der Waals surface area (Å²) < 4.78 is 38.1. The maximum atomic E-state index is 12.7. The van der Waals surface area contributed by atoms with Gasteiger partial charge in [0.1, 0.15) is 5.75 Å². The van der Waals surface area contributed by atoms with Crippen molar-refractivity contribution in [3.05, 3.63) is 59.5 Å². The highest BCUT2D eigenvalue weighted by atomic mass is 32.2. The minimum Gasteiger partial charge on any atom is -0.496 e. The summed E-state index contributed by atoms with van der Waals surface area (Å²) in [6.45, 7) is 3.92. The van der Waals surface area contributed by atoms with E-state index >= 15 is 0 Å². The van der Waals surface area contributed by atoms with Crippen molar-refractivity contribution in [3.63, 3.8) is 0 Å². The molecule has 0 atom stereocenters. The molecule has 1 amide bonds. The van der Waals surface area contributed by atoms with Gasteiger partial charge in [0.25, 0.3) is 5.91 Å². The van der Waals surface area contributed by atoms with E-state index < -0.39 is 15.9 Å². The van der Waals surface area contributed by atoms with Crippen LogP contribution < -0.4 is 14.8 Å². The molecule has 0 aliphatic carbocycles. The van der Waals surface area contributed by atoms with E-state index in [0.29, 0.717) is 12.4 Å². The summed E-state index contributed by atoms with van der Waals surface area (Å²) in [5.41, 5.74) is 1.94. The van der Waals surface area contributed by atoms with Crippen LogP contribution in [0.3, 0.4) is 0 Å². The number of methoxy groups -OCH3 is 1. The number of aryl methyl sites for hydroxylation is 1. The molecule has 9 nitrogen and oxygen atoms in total. The van der Waals surface area contributed by atoms with Gasteiger partial charge in [-0.15, -0.1) is 0 Å². The summed E-state index contributed by atoms with van der Waals surface area (Å²) >= 11 is 0. The molecule has 3 aromatic rings. The van der Waals surface area contributed by atoms with Crippen LogP contribution in [-0.4, -0.2) is 38.1 Å². The zero-order valence-corrected chi connectivity index (χ0v) is 17.6. The largest absolute Gasteiger partial charge is 0.496 e. The maximum absolute atomic E-state index is 12.7. The molecule has 0 spiro atoms. The summed E-state index contributed by atoms with van der Waals surface area (Å²) in [4.78, 5) is 16.4. The van der Waals surface area contributed by atoms with Gasteiger partial charge in [-0.2, -0.15) is 4.98 Å². The lowest BCUT2D eigenvalue weighted by molar-refractivity contribution is 0.0952. The van der Waals surface area contributed by atoms with E-state index in [1.165, 1.54) is 25.3 Å². The predicted molar refractivity (Wildman–Crippen MR) is 109 cm³/mol. The molecule has 2 aromatic carbocycles. The number of rotatable bonds is 8. The molecule has 0 aliphatic rings. The number of hydrogen-bond acceptors (Lipinski definition) is 7. The molecule has 30 heavy (non-hydrogen) atoms.